The molecule has 2 unspecified atom stereocenters. The van der Waals surface area contributed by atoms with Gasteiger partial charge in [0.05, 0.1) is 21.9 Å². The highest BCUT2D eigenvalue weighted by molar-refractivity contribution is 7.17. The normalized spacial score (nSPS) is 20.7. The van der Waals surface area contributed by atoms with E-state index in [9.17, 15) is 9.59 Å². The van der Waals surface area contributed by atoms with Gasteiger partial charge in [0.1, 0.15) is 18.7 Å². The zero-order valence-electron chi connectivity index (χ0n) is 17.9. The van der Waals surface area contributed by atoms with Crippen molar-refractivity contribution in [3.05, 3.63) is 46.6 Å². The molecule has 0 radical (unpaired) electrons. The first-order chi connectivity index (χ1) is 16.0. The predicted molar refractivity (Wildman–Crippen MR) is 127 cm³/mol. The Hall–Kier alpha value is -2.91. The maximum Gasteiger partial charge on any atom is 0.261 e. The molecule has 10 heteroatoms. The number of carbonyl (C=O) groups is 2. The number of halogens is 1. The van der Waals surface area contributed by atoms with Gasteiger partial charge in [-0.25, -0.2) is 9.97 Å². The summed E-state index contributed by atoms with van der Waals surface area (Å²) in [4.78, 5) is 38.2. The molecule has 8 nitrogen and oxygen atoms in total. The van der Waals surface area contributed by atoms with Crippen molar-refractivity contribution >= 4 is 51.5 Å². The maximum atomic E-state index is 13.2. The minimum Gasteiger partial charge on any atom is -0.474 e. The highest BCUT2D eigenvalue weighted by atomic mass is 35.5. The first kappa shape index (κ1) is 21.9. The molecule has 33 heavy (non-hydrogen) atoms. The van der Waals surface area contributed by atoms with Crippen molar-refractivity contribution < 1.29 is 14.3 Å². The highest BCUT2D eigenvalue weighted by Crippen LogP contribution is 2.33. The fraction of sp³-hybridized carbons (Fsp3) is 0.391. The molecular formula is C23H24ClN5O3S. The highest BCUT2D eigenvalue weighted by Gasteiger charge is 2.43. The molecule has 2 aliphatic rings. The standard InChI is InChI=1S/C23H24ClN5O3S/c24-19-7-8-22(33-19)32-12-21(31)29-11-20(30)28(17-3-1-2-4-18(17)29)10-14-5-6-15-16(9-14)26-13-27-23(15)25/h5-9,13,17-18H,1-4,10-12H2,(H2,25,26,27). The van der Waals surface area contributed by atoms with Crippen molar-refractivity contribution in [3.63, 3.8) is 0 Å². The number of fused-ring (bicyclic) bond motifs is 2. The van der Waals surface area contributed by atoms with Crippen LogP contribution >= 0.6 is 22.9 Å². The number of nitrogen functional groups attached to an aromatic ring is 1. The number of rotatable bonds is 5. The molecule has 2 aromatic heterocycles. The van der Waals surface area contributed by atoms with E-state index >= 15 is 0 Å². The second-order valence-electron chi connectivity index (χ2n) is 8.42. The molecule has 1 aromatic carbocycles. The minimum absolute atomic E-state index is 0.00194. The van der Waals surface area contributed by atoms with Crippen LogP contribution in [0.3, 0.4) is 0 Å². The monoisotopic (exact) mass is 485 g/mol. The lowest BCUT2D eigenvalue weighted by Crippen LogP contribution is -2.64. The summed E-state index contributed by atoms with van der Waals surface area (Å²) in [5.74, 6) is 0.226. The predicted octanol–water partition coefficient (Wildman–Crippen LogP) is 3.49. The minimum atomic E-state index is -0.165. The lowest BCUT2D eigenvalue weighted by atomic mass is 9.85. The third kappa shape index (κ3) is 4.47. The lowest BCUT2D eigenvalue weighted by Gasteiger charge is -2.49. The largest absolute Gasteiger partial charge is 0.474 e. The van der Waals surface area contributed by atoms with E-state index in [1.54, 1.807) is 17.0 Å². The van der Waals surface area contributed by atoms with Gasteiger partial charge in [0.2, 0.25) is 5.91 Å². The molecule has 172 valence electrons. The van der Waals surface area contributed by atoms with Crippen molar-refractivity contribution in [2.45, 2.75) is 44.3 Å². The number of hydrogen-bond donors (Lipinski definition) is 1. The van der Waals surface area contributed by atoms with Gasteiger partial charge in [0.15, 0.2) is 11.7 Å². The average molecular weight is 486 g/mol. The van der Waals surface area contributed by atoms with Gasteiger partial charge in [-0.05, 0) is 42.7 Å². The molecule has 2 atom stereocenters. The number of ether oxygens (including phenoxy) is 1. The van der Waals surface area contributed by atoms with E-state index in [1.807, 2.05) is 23.1 Å². The van der Waals surface area contributed by atoms with Gasteiger partial charge in [-0.3, -0.25) is 9.59 Å². The second-order valence-corrected chi connectivity index (χ2v) is 10.1. The number of benzene rings is 1. The Morgan fingerprint density at radius 1 is 1.18 bits per heavy atom. The molecule has 5 rings (SSSR count). The Morgan fingerprint density at radius 3 is 2.79 bits per heavy atom. The number of thiophene rings is 1. The van der Waals surface area contributed by atoms with Gasteiger partial charge in [0, 0.05) is 11.9 Å². The SMILES string of the molecule is Nc1ncnc2cc(CN3C(=O)CN(C(=O)COc4ccc(Cl)s4)C4CCCCC43)ccc12. The smallest absolute Gasteiger partial charge is 0.261 e. The van der Waals surface area contributed by atoms with Gasteiger partial charge in [-0.2, -0.15) is 0 Å². The molecule has 1 saturated carbocycles. The van der Waals surface area contributed by atoms with Gasteiger partial charge in [0.25, 0.3) is 5.91 Å². The Bertz CT molecular complexity index is 1200. The van der Waals surface area contributed by atoms with Gasteiger partial charge >= 0.3 is 0 Å². The van der Waals surface area contributed by atoms with E-state index in [2.05, 4.69) is 9.97 Å². The summed E-state index contributed by atoms with van der Waals surface area (Å²) in [7, 11) is 0. The number of piperazine rings is 1. The number of hydrogen-bond acceptors (Lipinski definition) is 7. The topological polar surface area (TPSA) is 102 Å². The van der Waals surface area contributed by atoms with E-state index in [1.165, 1.54) is 17.7 Å². The van der Waals surface area contributed by atoms with Crippen molar-refractivity contribution in [1.82, 2.24) is 19.8 Å². The summed E-state index contributed by atoms with van der Waals surface area (Å²) < 4.78 is 6.23. The zero-order chi connectivity index (χ0) is 22.9. The summed E-state index contributed by atoms with van der Waals surface area (Å²) >= 11 is 7.22. The van der Waals surface area contributed by atoms with Crippen LogP contribution < -0.4 is 10.5 Å². The Kier molecular flexibility index (Phi) is 6.07. The quantitative estimate of drug-likeness (QED) is 0.593. The van der Waals surface area contributed by atoms with Crippen LogP contribution in [-0.2, 0) is 16.1 Å². The zero-order valence-corrected chi connectivity index (χ0v) is 19.5. The summed E-state index contributed by atoms with van der Waals surface area (Å²) in [5, 5.41) is 1.39. The molecule has 0 bridgehead atoms. The summed E-state index contributed by atoms with van der Waals surface area (Å²) in [6.45, 7) is 0.447. The van der Waals surface area contributed by atoms with E-state index < -0.39 is 0 Å². The average Bonchev–Trinajstić information content (AvgIpc) is 3.24. The molecule has 0 spiro atoms. The van der Waals surface area contributed by atoms with Gasteiger partial charge in [-0.1, -0.05) is 41.8 Å². The van der Waals surface area contributed by atoms with E-state index in [0.717, 1.165) is 42.1 Å². The molecule has 1 aliphatic carbocycles. The summed E-state index contributed by atoms with van der Waals surface area (Å²) in [6.07, 6.45) is 5.29. The fourth-order valence-corrected chi connectivity index (χ4v) is 5.72. The molecule has 1 saturated heterocycles. The number of nitrogens with two attached hydrogens (primary N) is 1. The maximum absolute atomic E-state index is 13.2. The summed E-state index contributed by atoms with van der Waals surface area (Å²) in [6, 6.07) is 9.29. The summed E-state index contributed by atoms with van der Waals surface area (Å²) in [5.41, 5.74) is 7.68. The van der Waals surface area contributed by atoms with Gasteiger partial charge < -0.3 is 20.3 Å². The van der Waals surface area contributed by atoms with Crippen LogP contribution in [0.2, 0.25) is 4.34 Å². The Morgan fingerprint density at radius 2 is 2.00 bits per heavy atom. The molecule has 3 aromatic rings. The molecular weight excluding hydrogens is 462 g/mol. The fourth-order valence-electron chi connectivity index (χ4n) is 4.85. The first-order valence-corrected chi connectivity index (χ1v) is 12.2. The van der Waals surface area contributed by atoms with E-state index in [-0.39, 0.29) is 37.0 Å². The van der Waals surface area contributed by atoms with E-state index in [4.69, 9.17) is 22.1 Å². The second kappa shape index (κ2) is 9.15. The molecule has 3 heterocycles. The van der Waals surface area contributed by atoms with Crippen LogP contribution in [0.1, 0.15) is 31.2 Å². The van der Waals surface area contributed by atoms with Crippen molar-refractivity contribution in [2.24, 2.45) is 0 Å². The van der Waals surface area contributed by atoms with Crippen molar-refractivity contribution in [2.75, 3.05) is 18.9 Å². The molecule has 1 aliphatic heterocycles. The number of anilines is 1. The third-order valence-electron chi connectivity index (χ3n) is 6.41. The number of amides is 2. The van der Waals surface area contributed by atoms with Crippen LogP contribution in [-0.4, -0.2) is 56.8 Å². The third-order valence-corrected chi connectivity index (χ3v) is 7.56. The van der Waals surface area contributed by atoms with Crippen LogP contribution in [0.15, 0.2) is 36.7 Å². The Balaban J connectivity index is 1.32. The molecule has 2 fully saturated rings. The van der Waals surface area contributed by atoms with Crippen LogP contribution in [0, 0.1) is 0 Å². The van der Waals surface area contributed by atoms with Crippen LogP contribution in [0.25, 0.3) is 10.9 Å². The van der Waals surface area contributed by atoms with Crippen molar-refractivity contribution in [1.29, 1.82) is 0 Å². The van der Waals surface area contributed by atoms with E-state index in [0.29, 0.717) is 21.8 Å². The first-order valence-electron chi connectivity index (χ1n) is 11.0. The molecule has 2 N–H and O–H groups in total. The van der Waals surface area contributed by atoms with Crippen LogP contribution in [0.4, 0.5) is 5.82 Å². The number of carbonyl (C=O) groups excluding carboxylic acids is 2. The number of aromatic nitrogens is 2. The molecule has 2 amide bonds. The van der Waals surface area contributed by atoms with Gasteiger partial charge in [-0.15, -0.1) is 0 Å². The Labute approximate surface area is 200 Å². The van der Waals surface area contributed by atoms with Crippen LogP contribution in [0.5, 0.6) is 5.06 Å². The van der Waals surface area contributed by atoms with Crippen molar-refractivity contribution in [3.8, 4) is 5.06 Å². The number of nitrogens with zero attached hydrogens (tertiary/aromatic N) is 4. The lowest BCUT2D eigenvalue weighted by molar-refractivity contribution is -0.157.